The van der Waals surface area contributed by atoms with E-state index in [4.69, 9.17) is 69.6 Å². The molecule has 0 aromatic heterocycles. The quantitative estimate of drug-likeness (QED) is 0.704. The molecule has 3 nitrogen and oxygen atoms in total. The van der Waals surface area contributed by atoms with E-state index in [1.54, 1.807) is 0 Å². The summed E-state index contributed by atoms with van der Waals surface area (Å²) in [6.45, 7) is 0. The molecule has 1 aliphatic heterocycles. The van der Waals surface area contributed by atoms with E-state index in [0.29, 0.717) is 5.84 Å². The Balaban J connectivity index is 2.37. The fourth-order valence-electron chi connectivity index (χ4n) is 1.64. The van der Waals surface area contributed by atoms with Gasteiger partial charge in [0.2, 0.25) is 7.59 Å². The molecule has 1 heterocycles. The summed E-state index contributed by atoms with van der Waals surface area (Å²) in [7, 11) is 0. The smallest absolute Gasteiger partial charge is 0.225 e. The van der Waals surface area contributed by atoms with E-state index in [-0.39, 0.29) is 0 Å². The van der Waals surface area contributed by atoms with Crippen molar-refractivity contribution in [2.45, 2.75) is 19.9 Å². The summed E-state index contributed by atoms with van der Waals surface area (Å²) in [5.41, 5.74) is 0.799. The van der Waals surface area contributed by atoms with Crippen LogP contribution in [0.4, 0.5) is 0 Å². The van der Waals surface area contributed by atoms with Crippen molar-refractivity contribution in [3.63, 3.8) is 0 Å². The van der Waals surface area contributed by atoms with Crippen LogP contribution >= 0.6 is 69.6 Å². The molecule has 0 radical (unpaired) electrons. The van der Waals surface area contributed by atoms with E-state index in [0.717, 1.165) is 5.56 Å². The third-order valence-electron chi connectivity index (χ3n) is 2.55. The molecule has 2 N–H and O–H groups in total. The van der Waals surface area contributed by atoms with Crippen LogP contribution in [0.3, 0.4) is 0 Å². The lowest BCUT2D eigenvalue weighted by Gasteiger charge is -2.37. The summed E-state index contributed by atoms with van der Waals surface area (Å²) >= 11 is 35.4. The second-order valence-corrected chi connectivity index (χ2v) is 8.81. The minimum Gasteiger partial charge on any atom is -0.351 e. The van der Waals surface area contributed by atoms with Crippen LogP contribution in [-0.2, 0) is 0 Å². The second-order valence-electron chi connectivity index (χ2n) is 4.07. The second kappa shape index (κ2) is 6.25. The average Bonchev–Trinajstić information content (AvgIpc) is 2.37. The van der Waals surface area contributed by atoms with Crippen LogP contribution in [0.1, 0.15) is 5.56 Å². The number of nitrogens with zero attached hydrogens (tertiary/aromatic N) is 1. The van der Waals surface area contributed by atoms with Gasteiger partial charge in [0.1, 0.15) is 12.0 Å². The van der Waals surface area contributed by atoms with Crippen LogP contribution in [0.2, 0.25) is 0 Å². The Kier molecular flexibility index (Phi) is 5.24. The van der Waals surface area contributed by atoms with Crippen molar-refractivity contribution in [2.75, 3.05) is 0 Å². The summed E-state index contributed by atoms with van der Waals surface area (Å²) < 4.78 is -3.31. The molecule has 1 aromatic carbocycles. The molecule has 0 bridgehead atoms. The number of aliphatic imine (C=N–C) groups is 1. The average molecular weight is 396 g/mol. The first-order chi connectivity index (χ1) is 9.18. The van der Waals surface area contributed by atoms with Gasteiger partial charge >= 0.3 is 0 Å². The lowest BCUT2D eigenvalue weighted by Crippen LogP contribution is -2.62. The van der Waals surface area contributed by atoms with Gasteiger partial charge in [-0.3, -0.25) is 5.32 Å². The monoisotopic (exact) mass is 393 g/mol. The molecular formula is C11H9Cl6N3. The van der Waals surface area contributed by atoms with Gasteiger partial charge in [-0.2, -0.15) is 0 Å². The van der Waals surface area contributed by atoms with Crippen molar-refractivity contribution < 1.29 is 0 Å². The lowest BCUT2D eigenvalue weighted by atomic mass is 10.2. The fourth-order valence-corrected chi connectivity index (χ4v) is 2.33. The SMILES string of the molecule is ClC(Cl)(Cl)[C@H]1NC(c2ccccc2)=N[C@@H](C(Cl)(Cl)Cl)N1. The molecule has 9 heteroatoms. The number of benzene rings is 1. The minimum absolute atomic E-state index is 0.483. The van der Waals surface area contributed by atoms with Gasteiger partial charge in [-0.15, -0.1) is 0 Å². The normalized spacial score (nSPS) is 24.0. The Morgan fingerprint density at radius 1 is 0.900 bits per heavy atom. The van der Waals surface area contributed by atoms with Crippen LogP contribution in [0.15, 0.2) is 35.3 Å². The minimum atomic E-state index is -1.67. The summed E-state index contributed by atoms with van der Waals surface area (Å²) in [5, 5.41) is 5.82. The number of hydrogen-bond acceptors (Lipinski definition) is 3. The van der Waals surface area contributed by atoms with E-state index in [2.05, 4.69) is 15.6 Å². The molecule has 0 aliphatic carbocycles. The van der Waals surface area contributed by atoms with Crippen LogP contribution in [0, 0.1) is 0 Å². The number of amidine groups is 1. The number of hydrogen-bond donors (Lipinski definition) is 2. The summed E-state index contributed by atoms with van der Waals surface area (Å²) in [4.78, 5) is 4.31. The Hall–Kier alpha value is 0.390. The van der Waals surface area contributed by atoms with Gasteiger partial charge in [-0.25, -0.2) is 4.99 Å². The summed E-state index contributed by atoms with van der Waals surface area (Å²) in [6, 6.07) is 9.29. The van der Waals surface area contributed by atoms with Gasteiger partial charge in [0, 0.05) is 5.56 Å². The van der Waals surface area contributed by atoms with Crippen molar-refractivity contribution in [3.8, 4) is 0 Å². The van der Waals surface area contributed by atoms with E-state index in [1.165, 1.54) is 0 Å². The predicted molar refractivity (Wildman–Crippen MR) is 87.4 cm³/mol. The van der Waals surface area contributed by atoms with Gasteiger partial charge in [-0.1, -0.05) is 99.9 Å². The van der Waals surface area contributed by atoms with Crippen molar-refractivity contribution in [3.05, 3.63) is 35.9 Å². The summed E-state index contributed by atoms with van der Waals surface area (Å²) in [5.74, 6) is 0.483. The third kappa shape index (κ3) is 4.20. The Labute approximate surface area is 146 Å². The molecule has 2 atom stereocenters. The molecular weight excluding hydrogens is 387 g/mol. The number of nitrogens with one attached hydrogen (secondary N) is 2. The topological polar surface area (TPSA) is 36.4 Å². The van der Waals surface area contributed by atoms with Crippen LogP contribution in [0.25, 0.3) is 0 Å². The highest BCUT2D eigenvalue weighted by Gasteiger charge is 2.43. The highest BCUT2D eigenvalue weighted by molar-refractivity contribution is 6.69. The Morgan fingerprint density at radius 3 is 2.00 bits per heavy atom. The first-order valence-corrected chi connectivity index (χ1v) is 7.74. The number of alkyl halides is 6. The predicted octanol–water partition coefficient (Wildman–Crippen LogP) is 4.02. The zero-order valence-electron chi connectivity index (χ0n) is 9.76. The van der Waals surface area contributed by atoms with E-state index in [9.17, 15) is 0 Å². The molecule has 0 saturated carbocycles. The zero-order chi connectivity index (χ0) is 15.0. The van der Waals surface area contributed by atoms with Gasteiger partial charge in [0.05, 0.1) is 0 Å². The van der Waals surface area contributed by atoms with E-state index >= 15 is 0 Å². The van der Waals surface area contributed by atoms with Gasteiger partial charge < -0.3 is 5.32 Å². The Morgan fingerprint density at radius 2 is 1.50 bits per heavy atom. The number of halogens is 6. The summed E-state index contributed by atoms with van der Waals surface area (Å²) in [6.07, 6.45) is -1.59. The van der Waals surface area contributed by atoms with Gasteiger partial charge in [-0.05, 0) is 0 Å². The molecule has 1 aromatic rings. The van der Waals surface area contributed by atoms with Gasteiger partial charge in [0.15, 0.2) is 6.17 Å². The molecule has 0 amide bonds. The molecule has 1 aliphatic rings. The van der Waals surface area contributed by atoms with Crippen LogP contribution in [-0.4, -0.2) is 25.8 Å². The first-order valence-electron chi connectivity index (χ1n) is 5.47. The maximum Gasteiger partial charge on any atom is 0.225 e. The third-order valence-corrected chi connectivity index (χ3v) is 3.82. The Bertz CT molecular complexity index is 493. The van der Waals surface area contributed by atoms with E-state index < -0.39 is 19.9 Å². The molecule has 0 spiro atoms. The molecule has 0 fully saturated rings. The highest BCUT2D eigenvalue weighted by Crippen LogP contribution is 2.36. The van der Waals surface area contributed by atoms with Crippen molar-refractivity contribution in [2.24, 2.45) is 4.99 Å². The van der Waals surface area contributed by atoms with Gasteiger partial charge in [0.25, 0.3) is 0 Å². The maximum absolute atomic E-state index is 5.90. The van der Waals surface area contributed by atoms with Crippen molar-refractivity contribution in [1.82, 2.24) is 10.6 Å². The van der Waals surface area contributed by atoms with Crippen molar-refractivity contribution >= 4 is 75.4 Å². The maximum atomic E-state index is 5.90. The van der Waals surface area contributed by atoms with Crippen LogP contribution < -0.4 is 10.6 Å². The molecule has 110 valence electrons. The molecule has 2 rings (SSSR count). The molecule has 0 saturated heterocycles. The fraction of sp³-hybridized carbons (Fsp3) is 0.364. The standard InChI is InChI=1S/C11H9Cl6N3/c12-10(13,14)8-18-7(6-4-2-1-3-5-6)19-9(20-8)11(15,16)17/h1-5,8-9,20H,(H,18,19)/t8-,9+. The number of rotatable bonds is 1. The highest BCUT2D eigenvalue weighted by atomic mass is 35.6. The van der Waals surface area contributed by atoms with Crippen molar-refractivity contribution in [1.29, 1.82) is 0 Å². The first kappa shape index (κ1) is 16.8. The van der Waals surface area contributed by atoms with Crippen LogP contribution in [0.5, 0.6) is 0 Å². The zero-order valence-corrected chi connectivity index (χ0v) is 14.3. The molecule has 20 heavy (non-hydrogen) atoms. The lowest BCUT2D eigenvalue weighted by molar-refractivity contribution is 0.396. The van der Waals surface area contributed by atoms with E-state index in [1.807, 2.05) is 30.3 Å². The molecule has 0 unspecified atom stereocenters. The largest absolute Gasteiger partial charge is 0.351 e.